The standard InChI is InChI=1S/C40H36N2O6/c1-4-46-38(43)41-28-15-11-26(12-16-28)40(27-13-17-29(18-14-27)42-39(44)47-5-2)23-22-34-32-20-10-25-8-6-7-9-31(25)36(32)33-21-19-30(45-3)24-35(33)37(34)48-40/h6-9,11-19,21-24H,4-5,10,20H2,1-3H3,(H,41,43)(H,42,44). The SMILES string of the molecule is CCOC(=O)Nc1ccc(C2(c3ccc(NC(=O)OCC)cc3)C=Cc3c4c(c5ccc(OC)cc5c3O2)-c2ccccc2CC4)cc1. The zero-order valence-corrected chi connectivity index (χ0v) is 27.1. The van der Waals surface area contributed by atoms with Gasteiger partial charge in [0.1, 0.15) is 11.5 Å². The number of anilines is 2. The molecule has 0 saturated carbocycles. The lowest BCUT2D eigenvalue weighted by Gasteiger charge is -2.38. The number of ether oxygens (including phenoxy) is 4. The van der Waals surface area contributed by atoms with Gasteiger partial charge in [-0.1, -0.05) is 54.6 Å². The van der Waals surface area contributed by atoms with Crippen molar-refractivity contribution >= 4 is 40.4 Å². The molecule has 0 bridgehead atoms. The highest BCUT2D eigenvalue weighted by molar-refractivity contribution is 6.06. The second kappa shape index (κ2) is 12.8. The minimum Gasteiger partial charge on any atom is -0.497 e. The fourth-order valence-corrected chi connectivity index (χ4v) is 6.78. The second-order valence-corrected chi connectivity index (χ2v) is 11.7. The van der Waals surface area contributed by atoms with Crippen molar-refractivity contribution in [1.29, 1.82) is 0 Å². The summed E-state index contributed by atoms with van der Waals surface area (Å²) in [5, 5.41) is 7.59. The molecular weight excluding hydrogens is 604 g/mol. The summed E-state index contributed by atoms with van der Waals surface area (Å²) < 4.78 is 23.2. The summed E-state index contributed by atoms with van der Waals surface area (Å²) in [6, 6.07) is 29.9. The number of nitrogens with one attached hydrogen (secondary N) is 2. The van der Waals surface area contributed by atoms with Crippen LogP contribution in [-0.4, -0.2) is 32.5 Å². The molecule has 0 spiro atoms. The van der Waals surface area contributed by atoms with Crippen molar-refractivity contribution in [2.45, 2.75) is 32.3 Å². The lowest BCUT2D eigenvalue weighted by molar-refractivity contribution is 0.163. The molecule has 2 amide bonds. The molecule has 7 rings (SSSR count). The van der Waals surface area contributed by atoms with Gasteiger partial charge in [-0.15, -0.1) is 0 Å². The van der Waals surface area contributed by atoms with E-state index >= 15 is 0 Å². The normalized spacial score (nSPS) is 13.7. The number of benzene rings is 5. The first-order chi connectivity index (χ1) is 23.4. The van der Waals surface area contributed by atoms with Gasteiger partial charge in [0.15, 0.2) is 5.60 Å². The highest BCUT2D eigenvalue weighted by Crippen LogP contribution is 2.52. The Hall–Kier alpha value is -5.76. The van der Waals surface area contributed by atoms with Gasteiger partial charge in [-0.25, -0.2) is 9.59 Å². The molecule has 48 heavy (non-hydrogen) atoms. The van der Waals surface area contributed by atoms with E-state index in [-0.39, 0.29) is 13.2 Å². The largest absolute Gasteiger partial charge is 0.497 e. The van der Waals surface area contributed by atoms with Crippen molar-refractivity contribution in [2.75, 3.05) is 31.0 Å². The molecule has 1 heterocycles. The minimum absolute atomic E-state index is 0.278. The predicted molar refractivity (Wildman–Crippen MR) is 188 cm³/mol. The highest BCUT2D eigenvalue weighted by atomic mass is 16.6. The van der Waals surface area contributed by atoms with Crippen LogP contribution in [0.5, 0.6) is 11.5 Å². The van der Waals surface area contributed by atoms with E-state index in [0.717, 1.165) is 51.8 Å². The van der Waals surface area contributed by atoms with E-state index in [0.29, 0.717) is 11.4 Å². The van der Waals surface area contributed by atoms with Crippen molar-refractivity contribution in [3.63, 3.8) is 0 Å². The van der Waals surface area contributed by atoms with Crippen LogP contribution in [0.2, 0.25) is 0 Å². The topological polar surface area (TPSA) is 95.1 Å². The Bertz CT molecular complexity index is 1990. The quantitative estimate of drug-likeness (QED) is 0.184. The third-order valence-corrected chi connectivity index (χ3v) is 8.96. The van der Waals surface area contributed by atoms with Crippen molar-refractivity contribution in [1.82, 2.24) is 0 Å². The van der Waals surface area contributed by atoms with Crippen molar-refractivity contribution < 1.29 is 28.5 Å². The summed E-state index contributed by atoms with van der Waals surface area (Å²) in [6.07, 6.45) is 5.09. The van der Waals surface area contributed by atoms with Gasteiger partial charge in [-0.2, -0.15) is 0 Å². The molecule has 0 fully saturated rings. The molecule has 1 aliphatic carbocycles. The van der Waals surface area contributed by atoms with Crippen LogP contribution in [0.25, 0.3) is 28.0 Å². The molecule has 0 saturated heterocycles. The fourth-order valence-electron chi connectivity index (χ4n) is 6.78. The lowest BCUT2D eigenvalue weighted by atomic mass is 9.77. The predicted octanol–water partition coefficient (Wildman–Crippen LogP) is 9.10. The molecule has 2 N–H and O–H groups in total. The molecule has 0 aromatic heterocycles. The number of amides is 2. The molecular formula is C40H36N2O6. The van der Waals surface area contributed by atoms with Gasteiger partial charge in [0, 0.05) is 33.5 Å². The van der Waals surface area contributed by atoms with Crippen LogP contribution < -0.4 is 20.1 Å². The van der Waals surface area contributed by atoms with Gasteiger partial charge in [-0.3, -0.25) is 10.6 Å². The number of rotatable bonds is 7. The van der Waals surface area contributed by atoms with Crippen LogP contribution in [0.15, 0.2) is 97.1 Å². The van der Waals surface area contributed by atoms with Crippen LogP contribution in [0.1, 0.15) is 41.7 Å². The molecule has 5 aromatic carbocycles. The van der Waals surface area contributed by atoms with Gasteiger partial charge >= 0.3 is 12.2 Å². The first kappa shape index (κ1) is 30.9. The third kappa shape index (κ3) is 5.49. The minimum atomic E-state index is -1.05. The van der Waals surface area contributed by atoms with Gasteiger partial charge in [0.25, 0.3) is 0 Å². The monoisotopic (exact) mass is 640 g/mol. The Kier molecular flexibility index (Phi) is 8.23. The number of aryl methyl sites for hydroxylation is 1. The van der Waals surface area contributed by atoms with E-state index in [2.05, 4.69) is 53.1 Å². The van der Waals surface area contributed by atoms with Crippen LogP contribution in [-0.2, 0) is 27.9 Å². The maximum atomic E-state index is 12.1. The second-order valence-electron chi connectivity index (χ2n) is 11.7. The fraction of sp³-hybridized carbons (Fsp3) is 0.200. The zero-order valence-electron chi connectivity index (χ0n) is 27.1. The Morgan fingerprint density at radius 1 is 0.771 bits per heavy atom. The van der Waals surface area contributed by atoms with Crippen LogP contribution >= 0.6 is 0 Å². The van der Waals surface area contributed by atoms with Gasteiger partial charge in [0.05, 0.1) is 20.3 Å². The number of methoxy groups -OCH3 is 1. The van der Waals surface area contributed by atoms with Crippen molar-refractivity contribution in [2.24, 2.45) is 0 Å². The Balaban J connectivity index is 1.40. The molecule has 8 nitrogen and oxygen atoms in total. The number of carbonyl (C=O) groups is 2. The van der Waals surface area contributed by atoms with E-state index in [9.17, 15) is 9.59 Å². The van der Waals surface area contributed by atoms with E-state index in [1.807, 2.05) is 60.7 Å². The summed E-state index contributed by atoms with van der Waals surface area (Å²) in [5.41, 5.74) is 7.99. The molecule has 5 aromatic rings. The average molecular weight is 641 g/mol. The van der Waals surface area contributed by atoms with Crippen LogP contribution in [0.3, 0.4) is 0 Å². The number of fused-ring (bicyclic) bond motifs is 8. The molecule has 0 atom stereocenters. The lowest BCUT2D eigenvalue weighted by Crippen LogP contribution is -2.34. The van der Waals surface area contributed by atoms with E-state index in [4.69, 9.17) is 18.9 Å². The maximum Gasteiger partial charge on any atom is 0.411 e. The van der Waals surface area contributed by atoms with Crippen molar-refractivity contribution in [3.05, 3.63) is 125 Å². The van der Waals surface area contributed by atoms with Crippen LogP contribution in [0, 0.1) is 0 Å². The van der Waals surface area contributed by atoms with Gasteiger partial charge < -0.3 is 18.9 Å². The summed E-state index contributed by atoms with van der Waals surface area (Å²) in [5.74, 6) is 1.51. The molecule has 2 aliphatic rings. The Morgan fingerprint density at radius 3 is 2.00 bits per heavy atom. The van der Waals surface area contributed by atoms with Crippen molar-refractivity contribution in [3.8, 4) is 22.6 Å². The summed E-state index contributed by atoms with van der Waals surface area (Å²) in [4.78, 5) is 24.2. The summed E-state index contributed by atoms with van der Waals surface area (Å²) >= 11 is 0. The van der Waals surface area contributed by atoms with Gasteiger partial charge in [0.2, 0.25) is 0 Å². The van der Waals surface area contributed by atoms with Crippen LogP contribution in [0.4, 0.5) is 21.0 Å². The summed E-state index contributed by atoms with van der Waals surface area (Å²) in [7, 11) is 1.67. The first-order valence-corrected chi connectivity index (χ1v) is 16.2. The number of hydrogen-bond donors (Lipinski definition) is 2. The van der Waals surface area contributed by atoms with Gasteiger partial charge in [-0.05, 0) is 103 Å². The molecule has 242 valence electrons. The molecule has 1 aliphatic heterocycles. The number of hydrogen-bond acceptors (Lipinski definition) is 6. The van der Waals surface area contributed by atoms with E-state index in [1.165, 1.54) is 22.3 Å². The van der Waals surface area contributed by atoms with E-state index in [1.54, 1.807) is 21.0 Å². The maximum absolute atomic E-state index is 12.1. The molecule has 0 radical (unpaired) electrons. The summed E-state index contributed by atoms with van der Waals surface area (Å²) in [6.45, 7) is 4.08. The molecule has 8 heteroatoms. The zero-order chi connectivity index (χ0) is 33.3. The average Bonchev–Trinajstić information content (AvgIpc) is 3.11. The molecule has 0 unspecified atom stereocenters. The van der Waals surface area contributed by atoms with E-state index < -0.39 is 17.8 Å². The third-order valence-electron chi connectivity index (χ3n) is 8.96. The smallest absolute Gasteiger partial charge is 0.411 e. The Labute approximate surface area is 279 Å². The first-order valence-electron chi connectivity index (χ1n) is 16.2. The number of carbonyl (C=O) groups excluding carboxylic acids is 2. The highest BCUT2D eigenvalue weighted by Gasteiger charge is 2.39. The Morgan fingerprint density at radius 2 is 1.40 bits per heavy atom.